The minimum Gasteiger partial charge on any atom is -0.327 e. The summed E-state index contributed by atoms with van der Waals surface area (Å²) in [7, 11) is 0. The maximum absolute atomic E-state index is 6.82. The van der Waals surface area contributed by atoms with Gasteiger partial charge in [0.2, 0.25) is 0 Å². The minimum atomic E-state index is -0.893. The number of ether oxygens (including phenoxy) is 3. The SMILES string of the molecule is CCCCCCCCC(C)C(OCCCCCCCCCC(C)(C)C)(OCCCCCCCCCC(C)(C)C)OCCCCCCCCCC(C)(C)C. The molecule has 0 amide bonds. The van der Waals surface area contributed by atoms with Gasteiger partial charge in [0.25, 0.3) is 5.97 Å². The Labute approximate surface area is 336 Å². The summed E-state index contributed by atoms with van der Waals surface area (Å²) in [5.41, 5.74) is 1.41. The van der Waals surface area contributed by atoms with E-state index in [0.29, 0.717) is 16.2 Å². The normalized spacial score (nSPS) is 13.6. The van der Waals surface area contributed by atoms with Crippen LogP contribution >= 0.6 is 0 Å². The molecule has 0 radical (unpaired) electrons. The van der Waals surface area contributed by atoms with Crippen molar-refractivity contribution in [2.45, 2.75) is 281 Å². The zero-order chi connectivity index (χ0) is 39.7. The first-order chi connectivity index (χ1) is 25.1. The van der Waals surface area contributed by atoms with Crippen LogP contribution in [0.25, 0.3) is 0 Å². The smallest absolute Gasteiger partial charge is 0.285 e. The highest BCUT2D eigenvalue weighted by Crippen LogP contribution is 2.32. The summed E-state index contributed by atoms with van der Waals surface area (Å²) in [6.07, 6.45) is 40.4. The van der Waals surface area contributed by atoms with E-state index >= 15 is 0 Å². The van der Waals surface area contributed by atoms with E-state index in [2.05, 4.69) is 76.2 Å². The highest BCUT2D eigenvalue weighted by Gasteiger charge is 2.39. The molecule has 0 saturated heterocycles. The van der Waals surface area contributed by atoms with Gasteiger partial charge in [-0.05, 0) is 61.2 Å². The van der Waals surface area contributed by atoms with Gasteiger partial charge in [0.15, 0.2) is 0 Å². The van der Waals surface area contributed by atoms with E-state index < -0.39 is 5.97 Å². The van der Waals surface area contributed by atoms with Crippen LogP contribution in [0.2, 0.25) is 0 Å². The predicted molar refractivity (Wildman–Crippen MR) is 237 cm³/mol. The number of rotatable bonds is 38. The molecule has 0 fully saturated rings. The monoisotopic (exact) mass is 751 g/mol. The maximum Gasteiger partial charge on any atom is 0.285 e. The molecule has 0 aliphatic rings. The van der Waals surface area contributed by atoms with Crippen molar-refractivity contribution in [3.05, 3.63) is 0 Å². The van der Waals surface area contributed by atoms with Crippen LogP contribution in [0.1, 0.15) is 275 Å². The molecule has 0 aromatic heterocycles. The van der Waals surface area contributed by atoms with Crippen LogP contribution in [-0.4, -0.2) is 25.8 Å². The summed E-state index contributed by atoms with van der Waals surface area (Å²) in [4.78, 5) is 0. The molecule has 0 aliphatic carbocycles. The topological polar surface area (TPSA) is 27.7 Å². The Morgan fingerprint density at radius 2 is 0.566 bits per heavy atom. The van der Waals surface area contributed by atoms with Gasteiger partial charge in [0.05, 0.1) is 19.8 Å². The van der Waals surface area contributed by atoms with Crippen molar-refractivity contribution in [3.63, 3.8) is 0 Å². The third kappa shape index (κ3) is 37.2. The van der Waals surface area contributed by atoms with E-state index in [1.54, 1.807) is 0 Å². The molecule has 320 valence electrons. The van der Waals surface area contributed by atoms with Crippen LogP contribution in [0.4, 0.5) is 0 Å². The lowest BCUT2D eigenvalue weighted by atomic mass is 9.89. The summed E-state index contributed by atoms with van der Waals surface area (Å²) in [5, 5.41) is 0. The maximum atomic E-state index is 6.82. The van der Waals surface area contributed by atoms with Crippen molar-refractivity contribution < 1.29 is 14.2 Å². The summed E-state index contributed by atoms with van der Waals surface area (Å²) in [6.45, 7) is 28.2. The quantitative estimate of drug-likeness (QED) is 0.0465. The lowest BCUT2D eigenvalue weighted by Crippen LogP contribution is -2.46. The van der Waals surface area contributed by atoms with Crippen LogP contribution in [0.5, 0.6) is 0 Å². The van der Waals surface area contributed by atoms with Gasteiger partial charge in [-0.25, -0.2) is 0 Å². The van der Waals surface area contributed by atoms with Gasteiger partial charge in [-0.1, -0.05) is 230 Å². The van der Waals surface area contributed by atoms with Crippen LogP contribution < -0.4 is 0 Å². The first kappa shape index (κ1) is 52.9. The van der Waals surface area contributed by atoms with Gasteiger partial charge in [0.1, 0.15) is 0 Å². The van der Waals surface area contributed by atoms with Crippen molar-refractivity contribution in [2.24, 2.45) is 22.2 Å². The van der Waals surface area contributed by atoms with E-state index in [0.717, 1.165) is 45.5 Å². The zero-order valence-corrected chi connectivity index (χ0v) is 38.8. The van der Waals surface area contributed by atoms with E-state index in [1.165, 1.54) is 173 Å². The Morgan fingerprint density at radius 1 is 0.321 bits per heavy atom. The van der Waals surface area contributed by atoms with E-state index in [1.807, 2.05) is 0 Å². The average Bonchev–Trinajstić information content (AvgIpc) is 3.06. The molecule has 0 heterocycles. The van der Waals surface area contributed by atoms with E-state index in [-0.39, 0.29) is 5.92 Å². The lowest BCUT2D eigenvalue weighted by Gasteiger charge is -2.38. The fourth-order valence-electron chi connectivity index (χ4n) is 7.53. The number of unbranched alkanes of at least 4 members (excludes halogenated alkanes) is 23. The third-order valence-electron chi connectivity index (χ3n) is 11.2. The van der Waals surface area contributed by atoms with Gasteiger partial charge in [-0.2, -0.15) is 0 Å². The predicted octanol–water partition coefficient (Wildman–Crippen LogP) is 17.6. The molecule has 0 spiro atoms. The minimum absolute atomic E-state index is 0.238. The first-order valence-corrected chi connectivity index (χ1v) is 24.0. The van der Waals surface area contributed by atoms with Crippen molar-refractivity contribution in [3.8, 4) is 0 Å². The van der Waals surface area contributed by atoms with Crippen molar-refractivity contribution >= 4 is 0 Å². The molecule has 0 aromatic rings. The van der Waals surface area contributed by atoms with Gasteiger partial charge in [0, 0.05) is 5.92 Å². The second-order valence-electron chi connectivity index (χ2n) is 21.0. The van der Waals surface area contributed by atoms with Crippen molar-refractivity contribution in [1.82, 2.24) is 0 Å². The Hall–Kier alpha value is -0.120. The fourth-order valence-corrected chi connectivity index (χ4v) is 7.53. The molecule has 0 aromatic carbocycles. The summed E-state index contributed by atoms with van der Waals surface area (Å²) < 4.78 is 20.5. The van der Waals surface area contributed by atoms with Gasteiger partial charge < -0.3 is 14.2 Å². The molecule has 0 bridgehead atoms. The van der Waals surface area contributed by atoms with Crippen molar-refractivity contribution in [2.75, 3.05) is 19.8 Å². The Bertz CT molecular complexity index is 671. The van der Waals surface area contributed by atoms with Crippen LogP contribution in [0.15, 0.2) is 0 Å². The molecule has 1 atom stereocenters. The molecule has 0 aliphatic heterocycles. The third-order valence-corrected chi connectivity index (χ3v) is 11.2. The average molecular weight is 751 g/mol. The van der Waals surface area contributed by atoms with Crippen LogP contribution in [-0.2, 0) is 14.2 Å². The standard InChI is InChI=1S/C50H102O3/c1-12-13-14-15-25-32-39-46(2)50(51-43-36-29-22-16-19-26-33-40-47(3,4)5,52-44-37-30-23-17-20-27-34-41-48(6,7)8)53-45-38-31-24-18-21-28-35-42-49(9,10)11/h46H,12-45H2,1-11H3. The molecule has 0 saturated carbocycles. The summed E-state index contributed by atoms with van der Waals surface area (Å²) in [6, 6.07) is 0. The first-order valence-electron chi connectivity index (χ1n) is 24.0. The van der Waals surface area contributed by atoms with Gasteiger partial charge >= 0.3 is 0 Å². The second kappa shape index (κ2) is 32.9. The van der Waals surface area contributed by atoms with Crippen LogP contribution in [0, 0.1) is 22.2 Å². The molecule has 1 unspecified atom stereocenters. The van der Waals surface area contributed by atoms with Crippen molar-refractivity contribution in [1.29, 1.82) is 0 Å². The zero-order valence-electron chi connectivity index (χ0n) is 38.8. The fraction of sp³-hybridized carbons (Fsp3) is 1.00. The second-order valence-corrected chi connectivity index (χ2v) is 21.0. The van der Waals surface area contributed by atoms with Crippen LogP contribution in [0.3, 0.4) is 0 Å². The number of hydrogen-bond donors (Lipinski definition) is 0. The largest absolute Gasteiger partial charge is 0.327 e. The summed E-state index contributed by atoms with van der Waals surface area (Å²) in [5.74, 6) is -0.654. The molecular formula is C50H102O3. The lowest BCUT2D eigenvalue weighted by molar-refractivity contribution is -0.404. The molecular weight excluding hydrogens is 649 g/mol. The Kier molecular flexibility index (Phi) is 32.8. The highest BCUT2D eigenvalue weighted by molar-refractivity contribution is 4.70. The Morgan fingerprint density at radius 3 is 0.849 bits per heavy atom. The number of hydrogen-bond acceptors (Lipinski definition) is 3. The van der Waals surface area contributed by atoms with E-state index in [4.69, 9.17) is 14.2 Å². The molecule has 3 heteroatoms. The molecule has 3 nitrogen and oxygen atoms in total. The summed E-state index contributed by atoms with van der Waals surface area (Å²) >= 11 is 0. The molecule has 0 rings (SSSR count). The highest BCUT2D eigenvalue weighted by atomic mass is 16.9. The molecule has 0 N–H and O–H groups in total. The van der Waals surface area contributed by atoms with Gasteiger partial charge in [-0.15, -0.1) is 0 Å². The molecule has 53 heavy (non-hydrogen) atoms. The van der Waals surface area contributed by atoms with E-state index in [9.17, 15) is 0 Å². The van der Waals surface area contributed by atoms with Gasteiger partial charge in [-0.3, -0.25) is 0 Å². The Balaban J connectivity index is 5.08.